The maximum atomic E-state index is 13.4. The van der Waals surface area contributed by atoms with Gasteiger partial charge in [-0.3, -0.25) is 0 Å². The Morgan fingerprint density at radius 2 is 1.45 bits per heavy atom. The van der Waals surface area contributed by atoms with Gasteiger partial charge in [0.05, 0.1) is 0 Å². The third-order valence-corrected chi connectivity index (χ3v) is 11.6. The summed E-state index contributed by atoms with van der Waals surface area (Å²) in [6.45, 7) is 14.1. The van der Waals surface area contributed by atoms with Crippen molar-refractivity contribution in [1.82, 2.24) is 4.23 Å². The van der Waals surface area contributed by atoms with Gasteiger partial charge in [0.15, 0.2) is 8.24 Å². The SMILES string of the molecule is CC(C)[Si](C(C)C)(C(C)C)n1ccc2cc(F)ccc21. The molecule has 1 nitrogen and oxygen atoms in total. The van der Waals surface area contributed by atoms with Crippen molar-refractivity contribution >= 4 is 19.1 Å². The Labute approximate surface area is 122 Å². The zero-order valence-corrected chi connectivity index (χ0v) is 14.4. The number of fused-ring (bicyclic) bond motifs is 1. The largest absolute Gasteiger partial charge is 0.373 e. The van der Waals surface area contributed by atoms with E-state index in [9.17, 15) is 4.39 Å². The van der Waals surface area contributed by atoms with E-state index in [-0.39, 0.29) is 5.82 Å². The molecule has 0 fully saturated rings. The molecule has 0 aliphatic carbocycles. The molecule has 0 amide bonds. The number of aromatic nitrogens is 1. The molecular formula is C17H26FNSi. The van der Waals surface area contributed by atoms with Crippen molar-refractivity contribution in [1.29, 1.82) is 0 Å². The van der Waals surface area contributed by atoms with Gasteiger partial charge in [-0.2, -0.15) is 0 Å². The van der Waals surface area contributed by atoms with Crippen molar-refractivity contribution in [2.75, 3.05) is 0 Å². The zero-order chi connectivity index (χ0) is 15.1. The molecule has 0 aliphatic rings. The minimum absolute atomic E-state index is 0.152. The lowest BCUT2D eigenvalue weighted by atomic mass is 10.2. The molecule has 0 N–H and O–H groups in total. The molecule has 0 atom stereocenters. The maximum Gasteiger partial charge on any atom is 0.169 e. The van der Waals surface area contributed by atoms with Crippen LogP contribution in [-0.2, 0) is 0 Å². The first-order valence-corrected chi connectivity index (χ1v) is 9.76. The molecule has 0 aliphatic heterocycles. The smallest absolute Gasteiger partial charge is 0.169 e. The summed E-state index contributed by atoms with van der Waals surface area (Å²) in [5, 5.41) is 1.02. The number of hydrogen-bond acceptors (Lipinski definition) is 0. The zero-order valence-electron chi connectivity index (χ0n) is 13.4. The van der Waals surface area contributed by atoms with E-state index in [2.05, 4.69) is 58.0 Å². The fourth-order valence-electron chi connectivity index (χ4n) is 4.29. The second kappa shape index (κ2) is 5.36. The van der Waals surface area contributed by atoms with Crippen LogP contribution in [0.25, 0.3) is 10.9 Å². The average molecular weight is 291 g/mol. The Bertz CT molecular complexity index is 576. The van der Waals surface area contributed by atoms with E-state index in [4.69, 9.17) is 0 Å². The summed E-state index contributed by atoms with van der Waals surface area (Å²) in [7, 11) is -1.74. The van der Waals surface area contributed by atoms with Gasteiger partial charge in [-0.05, 0) is 47.1 Å². The van der Waals surface area contributed by atoms with Crippen LogP contribution >= 0.6 is 0 Å². The van der Waals surface area contributed by atoms with E-state index in [0.29, 0.717) is 16.6 Å². The molecule has 0 spiro atoms. The quantitative estimate of drug-likeness (QED) is 0.627. The Morgan fingerprint density at radius 1 is 0.900 bits per heavy atom. The third-order valence-electron chi connectivity index (χ3n) is 4.84. The summed E-state index contributed by atoms with van der Waals surface area (Å²) in [5.74, 6) is -0.152. The highest BCUT2D eigenvalue weighted by atomic mass is 28.3. The highest BCUT2D eigenvalue weighted by molar-refractivity contribution is 6.82. The van der Waals surface area contributed by atoms with Gasteiger partial charge in [-0.25, -0.2) is 4.39 Å². The first-order valence-electron chi connectivity index (χ1n) is 7.58. The van der Waals surface area contributed by atoms with Crippen LogP contribution < -0.4 is 0 Å². The lowest BCUT2D eigenvalue weighted by Gasteiger charge is -2.44. The first-order chi connectivity index (χ1) is 9.31. The summed E-state index contributed by atoms with van der Waals surface area (Å²) in [6.07, 6.45) is 2.19. The van der Waals surface area contributed by atoms with E-state index >= 15 is 0 Å². The molecule has 0 saturated heterocycles. The Balaban J connectivity index is 2.75. The molecule has 20 heavy (non-hydrogen) atoms. The van der Waals surface area contributed by atoms with Crippen LogP contribution in [0.1, 0.15) is 41.5 Å². The van der Waals surface area contributed by atoms with Crippen molar-refractivity contribution in [2.24, 2.45) is 0 Å². The molecule has 2 rings (SSSR count). The van der Waals surface area contributed by atoms with Crippen LogP contribution in [0.3, 0.4) is 0 Å². The average Bonchev–Trinajstić information content (AvgIpc) is 2.72. The molecule has 2 aromatic rings. The second-order valence-electron chi connectivity index (χ2n) is 6.74. The van der Waals surface area contributed by atoms with Gasteiger partial charge in [0.1, 0.15) is 5.82 Å². The van der Waals surface area contributed by atoms with Crippen molar-refractivity contribution in [3.05, 3.63) is 36.3 Å². The number of rotatable bonds is 4. The summed E-state index contributed by atoms with van der Waals surface area (Å²) in [4.78, 5) is 0. The lowest BCUT2D eigenvalue weighted by molar-refractivity contribution is 0.629. The van der Waals surface area contributed by atoms with Crippen LogP contribution in [-0.4, -0.2) is 12.5 Å². The monoisotopic (exact) mass is 291 g/mol. The van der Waals surface area contributed by atoms with Crippen molar-refractivity contribution < 1.29 is 4.39 Å². The number of nitrogens with zero attached hydrogens (tertiary/aromatic N) is 1. The molecule has 1 aromatic heterocycles. The first kappa shape index (κ1) is 15.3. The van der Waals surface area contributed by atoms with Crippen LogP contribution in [0.5, 0.6) is 0 Å². The normalized spacial score (nSPS) is 13.1. The highest BCUT2D eigenvalue weighted by Crippen LogP contribution is 2.44. The minimum Gasteiger partial charge on any atom is -0.373 e. The van der Waals surface area contributed by atoms with E-state index in [1.54, 1.807) is 12.1 Å². The van der Waals surface area contributed by atoms with Crippen LogP contribution in [0.4, 0.5) is 4.39 Å². The molecule has 1 aromatic carbocycles. The van der Waals surface area contributed by atoms with Gasteiger partial charge in [-0.15, -0.1) is 0 Å². The Hall–Kier alpha value is -1.09. The minimum atomic E-state index is -1.74. The van der Waals surface area contributed by atoms with E-state index in [1.165, 1.54) is 5.52 Å². The van der Waals surface area contributed by atoms with Crippen molar-refractivity contribution in [3.8, 4) is 0 Å². The molecule has 0 saturated carbocycles. The summed E-state index contributed by atoms with van der Waals surface area (Å²) < 4.78 is 15.9. The van der Waals surface area contributed by atoms with Gasteiger partial charge in [0.2, 0.25) is 0 Å². The number of benzene rings is 1. The molecule has 0 radical (unpaired) electrons. The predicted molar refractivity (Wildman–Crippen MR) is 88.3 cm³/mol. The van der Waals surface area contributed by atoms with E-state index in [1.807, 2.05) is 6.07 Å². The fourth-order valence-corrected chi connectivity index (χ4v) is 10.9. The molecule has 110 valence electrons. The number of hydrogen-bond donors (Lipinski definition) is 0. The maximum absolute atomic E-state index is 13.4. The lowest BCUT2D eigenvalue weighted by Crippen LogP contribution is -2.51. The topological polar surface area (TPSA) is 4.93 Å². The van der Waals surface area contributed by atoms with Crippen LogP contribution in [0.15, 0.2) is 30.5 Å². The summed E-state index contributed by atoms with van der Waals surface area (Å²) in [6, 6.07) is 7.23. The van der Waals surface area contributed by atoms with Crippen molar-refractivity contribution in [3.63, 3.8) is 0 Å². The van der Waals surface area contributed by atoms with Gasteiger partial charge in [0.25, 0.3) is 0 Å². The second-order valence-corrected chi connectivity index (χ2v) is 12.5. The van der Waals surface area contributed by atoms with Gasteiger partial charge < -0.3 is 4.23 Å². The van der Waals surface area contributed by atoms with E-state index in [0.717, 1.165) is 5.39 Å². The van der Waals surface area contributed by atoms with Crippen molar-refractivity contribution in [2.45, 2.75) is 58.2 Å². The molecular weight excluding hydrogens is 265 g/mol. The fraction of sp³-hybridized carbons (Fsp3) is 0.529. The third kappa shape index (κ3) is 2.12. The molecule has 0 bridgehead atoms. The van der Waals surface area contributed by atoms with Crippen LogP contribution in [0, 0.1) is 5.82 Å². The molecule has 0 unspecified atom stereocenters. The van der Waals surface area contributed by atoms with Gasteiger partial charge >= 0.3 is 0 Å². The number of halogens is 1. The predicted octanol–water partition coefficient (Wildman–Crippen LogP) is 5.80. The Morgan fingerprint density at radius 3 is 1.95 bits per heavy atom. The van der Waals surface area contributed by atoms with E-state index < -0.39 is 8.24 Å². The highest BCUT2D eigenvalue weighted by Gasteiger charge is 2.45. The molecule has 3 heteroatoms. The molecule has 1 heterocycles. The summed E-state index contributed by atoms with van der Waals surface area (Å²) >= 11 is 0. The van der Waals surface area contributed by atoms with Gasteiger partial charge in [0, 0.05) is 10.9 Å². The summed E-state index contributed by atoms with van der Waals surface area (Å²) in [5.41, 5.74) is 3.11. The van der Waals surface area contributed by atoms with Crippen LogP contribution in [0.2, 0.25) is 16.6 Å². The standard InChI is InChI=1S/C17H26FNSi/c1-12(2)20(13(3)4,14(5)6)19-10-9-15-11-16(18)7-8-17(15)19/h7-14H,1-6H3. The Kier molecular flexibility index (Phi) is 4.10. The van der Waals surface area contributed by atoms with Gasteiger partial charge in [-0.1, -0.05) is 41.5 Å².